The van der Waals surface area contributed by atoms with Crippen molar-refractivity contribution in [3.8, 4) is 22.6 Å². The average molecular weight is 427 g/mol. The summed E-state index contributed by atoms with van der Waals surface area (Å²) in [4.78, 5) is 16.7. The first-order valence-electron chi connectivity index (χ1n) is 11.3. The second-order valence-corrected chi connectivity index (χ2v) is 8.98. The van der Waals surface area contributed by atoms with E-state index in [2.05, 4.69) is 81.3 Å². The largest absolute Gasteiger partial charge is 0.364 e. The van der Waals surface area contributed by atoms with Gasteiger partial charge in [-0.15, -0.1) is 0 Å². The van der Waals surface area contributed by atoms with Gasteiger partial charge in [-0.05, 0) is 56.2 Å². The smallest absolute Gasteiger partial charge is 0.139 e. The molecule has 0 saturated heterocycles. The van der Waals surface area contributed by atoms with Crippen LogP contribution >= 0.6 is 0 Å². The Balaban J connectivity index is 1.47. The van der Waals surface area contributed by atoms with E-state index in [1.165, 1.54) is 11.4 Å². The summed E-state index contributed by atoms with van der Waals surface area (Å²) in [6.45, 7) is 11.3. The van der Waals surface area contributed by atoms with Crippen LogP contribution in [0.2, 0.25) is 0 Å². The van der Waals surface area contributed by atoms with Crippen LogP contribution in [0.3, 0.4) is 0 Å². The van der Waals surface area contributed by atoms with Crippen molar-refractivity contribution in [1.29, 1.82) is 0 Å². The molecule has 5 rings (SSSR count). The third kappa shape index (κ3) is 3.49. The van der Waals surface area contributed by atoms with Gasteiger partial charge in [0.1, 0.15) is 11.6 Å². The van der Waals surface area contributed by atoms with Crippen LogP contribution in [0.4, 0.5) is 5.69 Å². The SMILES string of the molecule is Cc1cn(C)c(-c2ccc(N3CCn4c(C)nc(-c5cccnc5C(C)C)c4C3)cc2)n1. The molecule has 1 aliphatic rings. The lowest BCUT2D eigenvalue weighted by atomic mass is 10.00. The van der Waals surface area contributed by atoms with Crippen LogP contribution < -0.4 is 4.90 Å². The number of hydrogen-bond donors (Lipinski definition) is 0. The Morgan fingerprint density at radius 1 is 0.969 bits per heavy atom. The second kappa shape index (κ2) is 7.93. The number of imidazole rings is 2. The molecule has 0 saturated carbocycles. The molecular formula is C26H30N6. The number of pyridine rings is 1. The molecule has 1 aliphatic heterocycles. The highest BCUT2D eigenvalue weighted by atomic mass is 15.2. The van der Waals surface area contributed by atoms with E-state index in [1.807, 2.05) is 26.2 Å². The van der Waals surface area contributed by atoms with Crippen molar-refractivity contribution in [1.82, 2.24) is 24.1 Å². The monoisotopic (exact) mass is 426 g/mol. The zero-order valence-electron chi connectivity index (χ0n) is 19.5. The maximum atomic E-state index is 4.98. The third-order valence-corrected chi connectivity index (χ3v) is 6.33. The maximum Gasteiger partial charge on any atom is 0.139 e. The zero-order valence-corrected chi connectivity index (χ0v) is 19.5. The van der Waals surface area contributed by atoms with Crippen LogP contribution in [-0.4, -0.2) is 30.6 Å². The summed E-state index contributed by atoms with van der Waals surface area (Å²) in [6.07, 6.45) is 3.94. The topological polar surface area (TPSA) is 51.8 Å². The molecule has 0 spiro atoms. The average Bonchev–Trinajstić information content (AvgIpc) is 3.31. The van der Waals surface area contributed by atoms with Gasteiger partial charge in [0.05, 0.1) is 29.3 Å². The van der Waals surface area contributed by atoms with E-state index in [0.717, 1.165) is 59.5 Å². The van der Waals surface area contributed by atoms with Gasteiger partial charge in [-0.1, -0.05) is 13.8 Å². The number of hydrogen-bond acceptors (Lipinski definition) is 4. The first kappa shape index (κ1) is 20.5. The second-order valence-electron chi connectivity index (χ2n) is 8.98. The van der Waals surface area contributed by atoms with Crippen LogP contribution in [0.25, 0.3) is 22.6 Å². The van der Waals surface area contributed by atoms with Crippen molar-refractivity contribution in [2.24, 2.45) is 7.05 Å². The molecular weight excluding hydrogens is 396 g/mol. The van der Waals surface area contributed by atoms with Gasteiger partial charge in [0.2, 0.25) is 0 Å². The van der Waals surface area contributed by atoms with Gasteiger partial charge in [0.25, 0.3) is 0 Å². The molecule has 164 valence electrons. The fourth-order valence-electron chi connectivity index (χ4n) is 4.77. The summed E-state index contributed by atoms with van der Waals surface area (Å²) >= 11 is 0. The Kier molecular flexibility index (Phi) is 5.08. The molecule has 0 unspecified atom stereocenters. The molecule has 0 aliphatic carbocycles. The summed E-state index contributed by atoms with van der Waals surface area (Å²) in [6, 6.07) is 12.9. The molecule has 0 N–H and O–H groups in total. The molecule has 6 nitrogen and oxygen atoms in total. The van der Waals surface area contributed by atoms with E-state index in [-0.39, 0.29) is 0 Å². The molecule has 6 heteroatoms. The van der Waals surface area contributed by atoms with E-state index in [1.54, 1.807) is 0 Å². The van der Waals surface area contributed by atoms with Gasteiger partial charge < -0.3 is 14.0 Å². The van der Waals surface area contributed by atoms with Crippen LogP contribution in [0.1, 0.15) is 42.7 Å². The predicted octanol–water partition coefficient (Wildman–Crippen LogP) is 5.11. The third-order valence-electron chi connectivity index (χ3n) is 6.33. The van der Waals surface area contributed by atoms with Gasteiger partial charge in [-0.25, -0.2) is 9.97 Å². The quantitative estimate of drug-likeness (QED) is 0.455. The molecule has 0 amide bonds. The molecule has 3 aromatic heterocycles. The minimum Gasteiger partial charge on any atom is -0.364 e. The highest BCUT2D eigenvalue weighted by molar-refractivity contribution is 5.67. The number of aryl methyl sites for hydroxylation is 3. The maximum absolute atomic E-state index is 4.98. The summed E-state index contributed by atoms with van der Waals surface area (Å²) in [5, 5.41) is 0. The Hall–Kier alpha value is -3.41. The van der Waals surface area contributed by atoms with Gasteiger partial charge in [0.15, 0.2) is 0 Å². The normalized spacial score (nSPS) is 13.6. The first-order chi connectivity index (χ1) is 15.4. The van der Waals surface area contributed by atoms with Crippen molar-refractivity contribution in [2.75, 3.05) is 11.4 Å². The number of aromatic nitrogens is 5. The first-order valence-corrected chi connectivity index (χ1v) is 11.3. The predicted molar refractivity (Wildman–Crippen MR) is 129 cm³/mol. The molecule has 4 heterocycles. The molecule has 0 fully saturated rings. The molecule has 0 radical (unpaired) electrons. The standard InChI is InChI=1S/C26H30N6/c1-17(2)24-22(7-6-12-27-24)25-23-16-31(13-14-32(23)19(4)29-25)21-10-8-20(9-11-21)26-28-18(3)15-30(26)5/h6-12,15,17H,13-14,16H2,1-5H3. The Labute approximate surface area is 189 Å². The van der Waals surface area contributed by atoms with E-state index in [4.69, 9.17) is 4.98 Å². The minimum absolute atomic E-state index is 0.353. The van der Waals surface area contributed by atoms with Gasteiger partial charge >= 0.3 is 0 Å². The Bertz CT molecular complexity index is 1260. The van der Waals surface area contributed by atoms with Crippen molar-refractivity contribution in [3.05, 3.63) is 71.7 Å². The lowest BCUT2D eigenvalue weighted by Crippen LogP contribution is -2.34. The molecule has 0 atom stereocenters. The van der Waals surface area contributed by atoms with Crippen LogP contribution in [0, 0.1) is 13.8 Å². The van der Waals surface area contributed by atoms with Crippen molar-refractivity contribution < 1.29 is 0 Å². The van der Waals surface area contributed by atoms with Gasteiger partial charge in [-0.2, -0.15) is 0 Å². The van der Waals surface area contributed by atoms with E-state index in [9.17, 15) is 0 Å². The molecule has 1 aromatic carbocycles. The summed E-state index contributed by atoms with van der Waals surface area (Å²) < 4.78 is 4.45. The van der Waals surface area contributed by atoms with Gasteiger partial charge in [-0.3, -0.25) is 4.98 Å². The van der Waals surface area contributed by atoms with Crippen LogP contribution in [-0.2, 0) is 20.1 Å². The lowest BCUT2D eigenvalue weighted by molar-refractivity contribution is 0.560. The number of rotatable bonds is 4. The van der Waals surface area contributed by atoms with Gasteiger partial charge in [0, 0.05) is 49.3 Å². The van der Waals surface area contributed by atoms with E-state index < -0.39 is 0 Å². The lowest BCUT2D eigenvalue weighted by Gasteiger charge is -2.31. The molecule has 4 aromatic rings. The number of anilines is 1. The van der Waals surface area contributed by atoms with Crippen LogP contribution in [0.15, 0.2) is 48.8 Å². The highest BCUT2D eigenvalue weighted by Gasteiger charge is 2.25. The number of nitrogens with zero attached hydrogens (tertiary/aromatic N) is 6. The number of fused-ring (bicyclic) bond motifs is 1. The fourth-order valence-corrected chi connectivity index (χ4v) is 4.77. The van der Waals surface area contributed by atoms with Crippen molar-refractivity contribution in [3.63, 3.8) is 0 Å². The highest BCUT2D eigenvalue weighted by Crippen LogP contribution is 2.34. The summed E-state index contributed by atoms with van der Waals surface area (Å²) in [5.41, 5.74) is 8.01. The minimum atomic E-state index is 0.353. The van der Waals surface area contributed by atoms with E-state index >= 15 is 0 Å². The van der Waals surface area contributed by atoms with E-state index in [0.29, 0.717) is 5.92 Å². The van der Waals surface area contributed by atoms with Crippen molar-refractivity contribution >= 4 is 5.69 Å². The number of benzene rings is 1. The Morgan fingerprint density at radius 2 is 1.75 bits per heavy atom. The summed E-state index contributed by atoms with van der Waals surface area (Å²) in [7, 11) is 2.04. The summed E-state index contributed by atoms with van der Waals surface area (Å²) in [5.74, 6) is 2.43. The zero-order chi connectivity index (χ0) is 22.4. The fraction of sp³-hybridized carbons (Fsp3) is 0.346. The molecule has 32 heavy (non-hydrogen) atoms. The Morgan fingerprint density at radius 3 is 2.44 bits per heavy atom. The van der Waals surface area contributed by atoms with Crippen LogP contribution in [0.5, 0.6) is 0 Å². The van der Waals surface area contributed by atoms with Crippen molar-refractivity contribution in [2.45, 2.75) is 46.7 Å². The molecule has 0 bridgehead atoms.